The quantitative estimate of drug-likeness (QED) is 0.896. The summed E-state index contributed by atoms with van der Waals surface area (Å²) in [4.78, 5) is 17.6. The van der Waals surface area contributed by atoms with Crippen molar-refractivity contribution in [3.63, 3.8) is 0 Å². The molecular weight excluding hydrogens is 270 g/mol. The lowest BCUT2D eigenvalue weighted by Gasteiger charge is -2.32. The van der Waals surface area contributed by atoms with Crippen LogP contribution in [-0.2, 0) is 4.79 Å². The molecule has 1 amide bonds. The normalized spacial score (nSPS) is 20.8. The fourth-order valence-corrected chi connectivity index (χ4v) is 2.21. The molecule has 1 fully saturated rings. The third-order valence-corrected chi connectivity index (χ3v) is 3.33. The Hall–Kier alpha value is -1.10. The highest BCUT2D eigenvalue weighted by Gasteiger charge is 2.24. The number of rotatable bonds is 2. The van der Waals surface area contributed by atoms with Crippen LogP contribution in [0, 0.1) is 5.92 Å². The molecule has 1 atom stereocenters. The zero-order chi connectivity index (χ0) is 11.5. The predicted molar refractivity (Wildman–Crippen MR) is 66.1 cm³/mol. The Morgan fingerprint density at radius 3 is 3.00 bits per heavy atom. The van der Waals surface area contributed by atoms with Crippen molar-refractivity contribution in [1.29, 1.82) is 0 Å². The third-order valence-electron chi connectivity index (χ3n) is 2.86. The van der Waals surface area contributed by atoms with Crippen LogP contribution in [0.4, 0.5) is 5.82 Å². The van der Waals surface area contributed by atoms with Gasteiger partial charge in [0.05, 0.1) is 5.92 Å². The molecular formula is C11H14BrN3O. The number of carbonyl (C=O) groups excluding carboxylic acids is 1. The maximum absolute atomic E-state index is 11.2. The Morgan fingerprint density at radius 1 is 1.56 bits per heavy atom. The van der Waals surface area contributed by atoms with Gasteiger partial charge < -0.3 is 10.6 Å². The predicted octanol–water partition coefficient (Wildman–Crippen LogP) is 1.55. The van der Waals surface area contributed by atoms with E-state index in [0.717, 1.165) is 29.7 Å². The lowest BCUT2D eigenvalue weighted by molar-refractivity contribution is -0.122. The van der Waals surface area contributed by atoms with E-state index in [1.54, 1.807) is 6.20 Å². The maximum atomic E-state index is 11.2. The molecule has 86 valence electrons. The summed E-state index contributed by atoms with van der Waals surface area (Å²) in [6.07, 6.45) is 3.65. The van der Waals surface area contributed by atoms with Crippen molar-refractivity contribution >= 4 is 27.7 Å². The standard InChI is InChI=1S/C11H14BrN3O/c12-9-3-4-10(14-6-9)15-5-1-2-8(7-15)11(13)16/h3-4,6,8H,1-2,5,7H2,(H2,13,16)/t8-/m1/s1. The van der Waals surface area contributed by atoms with Gasteiger partial charge in [0.25, 0.3) is 0 Å². The van der Waals surface area contributed by atoms with E-state index < -0.39 is 0 Å². The fraction of sp³-hybridized carbons (Fsp3) is 0.455. The number of amides is 1. The molecule has 0 radical (unpaired) electrons. The first kappa shape index (κ1) is 11.4. The first-order chi connectivity index (χ1) is 7.66. The van der Waals surface area contributed by atoms with E-state index in [2.05, 4.69) is 25.8 Å². The number of primary amides is 1. The van der Waals surface area contributed by atoms with Gasteiger partial charge in [0, 0.05) is 23.8 Å². The molecule has 0 spiro atoms. The minimum absolute atomic E-state index is 0.0424. The van der Waals surface area contributed by atoms with Gasteiger partial charge in [-0.3, -0.25) is 4.79 Å². The van der Waals surface area contributed by atoms with Crippen molar-refractivity contribution in [1.82, 2.24) is 4.98 Å². The number of aromatic nitrogens is 1. The topological polar surface area (TPSA) is 59.2 Å². The Morgan fingerprint density at radius 2 is 2.38 bits per heavy atom. The smallest absolute Gasteiger partial charge is 0.222 e. The minimum atomic E-state index is -0.207. The number of anilines is 1. The van der Waals surface area contributed by atoms with Crippen LogP contribution in [0.2, 0.25) is 0 Å². The molecule has 1 aromatic rings. The van der Waals surface area contributed by atoms with Crippen molar-refractivity contribution in [3.05, 3.63) is 22.8 Å². The van der Waals surface area contributed by atoms with Crippen LogP contribution in [0.5, 0.6) is 0 Å². The molecule has 0 bridgehead atoms. The van der Waals surface area contributed by atoms with Crippen LogP contribution in [0.25, 0.3) is 0 Å². The van der Waals surface area contributed by atoms with E-state index in [1.807, 2.05) is 12.1 Å². The lowest BCUT2D eigenvalue weighted by atomic mass is 9.97. The summed E-state index contributed by atoms with van der Waals surface area (Å²) in [6.45, 7) is 1.63. The molecule has 4 nitrogen and oxygen atoms in total. The van der Waals surface area contributed by atoms with Crippen LogP contribution in [0.3, 0.4) is 0 Å². The molecule has 16 heavy (non-hydrogen) atoms. The van der Waals surface area contributed by atoms with Gasteiger partial charge in [-0.25, -0.2) is 4.98 Å². The third kappa shape index (κ3) is 2.52. The largest absolute Gasteiger partial charge is 0.369 e. The number of pyridine rings is 1. The molecule has 1 aliphatic heterocycles. The molecule has 2 rings (SSSR count). The van der Waals surface area contributed by atoms with Gasteiger partial charge in [-0.15, -0.1) is 0 Å². The summed E-state index contributed by atoms with van der Waals surface area (Å²) in [5.41, 5.74) is 5.34. The van der Waals surface area contributed by atoms with Crippen LogP contribution in [0.15, 0.2) is 22.8 Å². The second-order valence-corrected chi connectivity index (χ2v) is 4.94. The number of nitrogens with two attached hydrogens (primary N) is 1. The van der Waals surface area contributed by atoms with Crippen molar-refractivity contribution in [2.24, 2.45) is 11.7 Å². The number of halogens is 1. The van der Waals surface area contributed by atoms with E-state index in [1.165, 1.54) is 0 Å². The van der Waals surface area contributed by atoms with Crippen LogP contribution < -0.4 is 10.6 Å². The molecule has 1 aliphatic rings. The Labute approximate surface area is 103 Å². The second kappa shape index (κ2) is 4.82. The van der Waals surface area contributed by atoms with E-state index in [0.29, 0.717) is 6.54 Å². The summed E-state index contributed by atoms with van der Waals surface area (Å²) in [6, 6.07) is 3.91. The molecule has 5 heteroatoms. The van der Waals surface area contributed by atoms with Gasteiger partial charge in [-0.1, -0.05) is 0 Å². The van der Waals surface area contributed by atoms with Gasteiger partial charge in [-0.05, 0) is 40.9 Å². The molecule has 1 aromatic heterocycles. The first-order valence-corrected chi connectivity index (χ1v) is 6.12. The summed E-state index contributed by atoms with van der Waals surface area (Å²) in [5.74, 6) is 0.662. The van der Waals surface area contributed by atoms with Crippen LogP contribution in [-0.4, -0.2) is 24.0 Å². The van der Waals surface area contributed by atoms with Gasteiger partial charge >= 0.3 is 0 Å². The van der Waals surface area contributed by atoms with Gasteiger partial charge in [0.1, 0.15) is 5.82 Å². The molecule has 0 unspecified atom stereocenters. The molecule has 2 heterocycles. The van der Waals surface area contributed by atoms with Crippen molar-refractivity contribution in [2.45, 2.75) is 12.8 Å². The zero-order valence-electron chi connectivity index (χ0n) is 8.90. The van der Waals surface area contributed by atoms with Crippen molar-refractivity contribution in [3.8, 4) is 0 Å². The van der Waals surface area contributed by atoms with E-state index in [-0.39, 0.29) is 11.8 Å². The highest BCUT2D eigenvalue weighted by Crippen LogP contribution is 2.22. The first-order valence-electron chi connectivity index (χ1n) is 5.32. The summed E-state index contributed by atoms with van der Waals surface area (Å²) >= 11 is 3.35. The zero-order valence-corrected chi connectivity index (χ0v) is 10.5. The Kier molecular flexibility index (Phi) is 3.43. The average molecular weight is 284 g/mol. The number of piperidine rings is 1. The van der Waals surface area contributed by atoms with Crippen molar-refractivity contribution < 1.29 is 4.79 Å². The Balaban J connectivity index is 2.09. The van der Waals surface area contributed by atoms with Crippen molar-refractivity contribution in [2.75, 3.05) is 18.0 Å². The molecule has 0 saturated carbocycles. The monoisotopic (exact) mass is 283 g/mol. The lowest BCUT2D eigenvalue weighted by Crippen LogP contribution is -2.41. The van der Waals surface area contributed by atoms with Gasteiger partial charge in [0.15, 0.2) is 0 Å². The molecule has 0 aliphatic carbocycles. The summed E-state index contributed by atoms with van der Waals surface area (Å²) in [7, 11) is 0. The van der Waals surface area contributed by atoms with Gasteiger partial charge in [0.2, 0.25) is 5.91 Å². The summed E-state index contributed by atoms with van der Waals surface area (Å²) in [5, 5.41) is 0. The molecule has 1 saturated heterocycles. The maximum Gasteiger partial charge on any atom is 0.222 e. The molecule has 2 N–H and O–H groups in total. The summed E-state index contributed by atoms with van der Waals surface area (Å²) < 4.78 is 0.958. The van der Waals surface area contributed by atoms with E-state index in [4.69, 9.17) is 5.73 Å². The number of nitrogens with zero attached hydrogens (tertiary/aromatic N) is 2. The minimum Gasteiger partial charge on any atom is -0.369 e. The van der Waals surface area contributed by atoms with Crippen LogP contribution in [0.1, 0.15) is 12.8 Å². The highest BCUT2D eigenvalue weighted by molar-refractivity contribution is 9.10. The van der Waals surface area contributed by atoms with E-state index in [9.17, 15) is 4.79 Å². The van der Waals surface area contributed by atoms with Crippen LogP contribution >= 0.6 is 15.9 Å². The van der Waals surface area contributed by atoms with Gasteiger partial charge in [-0.2, -0.15) is 0 Å². The SMILES string of the molecule is NC(=O)[C@@H]1CCCN(c2ccc(Br)cn2)C1. The highest BCUT2D eigenvalue weighted by atomic mass is 79.9. The fourth-order valence-electron chi connectivity index (χ4n) is 1.97. The average Bonchev–Trinajstić information content (AvgIpc) is 2.30. The number of carbonyl (C=O) groups is 1. The second-order valence-electron chi connectivity index (χ2n) is 4.02. The number of hydrogen-bond donors (Lipinski definition) is 1. The number of hydrogen-bond acceptors (Lipinski definition) is 3. The van der Waals surface area contributed by atoms with E-state index >= 15 is 0 Å². The Bertz CT molecular complexity index is 379. The molecule has 0 aromatic carbocycles.